The van der Waals surface area contributed by atoms with Gasteiger partial charge in [-0.2, -0.15) is 0 Å². The smallest absolute Gasteiger partial charge is 0.127 e. The highest BCUT2D eigenvalue weighted by atomic mass is 19.1. The Morgan fingerprint density at radius 3 is 2.42 bits per heavy atom. The molecule has 1 nitrogen and oxygen atoms in total. The van der Waals surface area contributed by atoms with E-state index >= 15 is 0 Å². The van der Waals surface area contributed by atoms with Gasteiger partial charge in [-0.25, -0.2) is 4.39 Å². The van der Waals surface area contributed by atoms with E-state index in [9.17, 15) is 4.39 Å². The lowest BCUT2D eigenvalue weighted by atomic mass is 9.65. The number of hydrogen-bond donors (Lipinski definition) is 0. The molecule has 4 rings (SSSR count). The van der Waals surface area contributed by atoms with Crippen molar-refractivity contribution in [2.24, 2.45) is 11.8 Å². The minimum Gasteiger partial charge on any atom is -0.378 e. The van der Waals surface area contributed by atoms with Crippen LogP contribution in [0.3, 0.4) is 0 Å². The molecule has 0 radical (unpaired) electrons. The van der Waals surface area contributed by atoms with E-state index in [1.165, 1.54) is 44.1 Å². The predicted molar refractivity (Wildman–Crippen MR) is 135 cm³/mol. The van der Waals surface area contributed by atoms with Gasteiger partial charge in [-0.05, 0) is 118 Å². The van der Waals surface area contributed by atoms with Gasteiger partial charge in [-0.3, -0.25) is 0 Å². The number of halogens is 1. The number of ether oxygens (including phenoxy) is 1. The van der Waals surface area contributed by atoms with Gasteiger partial charge in [0, 0.05) is 17.7 Å². The lowest BCUT2D eigenvalue weighted by Crippen LogP contribution is -2.33. The average Bonchev–Trinajstić information content (AvgIpc) is 2.84. The first-order chi connectivity index (χ1) is 16.2. The Kier molecular flexibility index (Phi) is 8.40. The van der Waals surface area contributed by atoms with E-state index in [2.05, 4.69) is 49.1 Å². The van der Waals surface area contributed by atoms with Gasteiger partial charge in [0.1, 0.15) is 5.82 Å². The van der Waals surface area contributed by atoms with Crippen LogP contribution in [0.1, 0.15) is 87.0 Å². The second kappa shape index (κ2) is 11.7. The maximum atomic E-state index is 14.3. The van der Waals surface area contributed by atoms with Gasteiger partial charge < -0.3 is 4.74 Å². The van der Waals surface area contributed by atoms with E-state index in [1.807, 2.05) is 25.1 Å². The van der Waals surface area contributed by atoms with Crippen molar-refractivity contribution in [2.45, 2.75) is 77.2 Å². The monoisotopic (exact) mass is 444 g/mol. The Morgan fingerprint density at radius 2 is 1.67 bits per heavy atom. The largest absolute Gasteiger partial charge is 0.378 e. The lowest BCUT2D eigenvalue weighted by molar-refractivity contribution is -0.00955. The van der Waals surface area contributed by atoms with Crippen LogP contribution in [-0.2, 0) is 11.2 Å². The summed E-state index contributed by atoms with van der Waals surface area (Å²) >= 11 is 0. The van der Waals surface area contributed by atoms with Crippen LogP contribution in [0.5, 0.6) is 0 Å². The maximum Gasteiger partial charge on any atom is 0.127 e. The van der Waals surface area contributed by atoms with Crippen molar-refractivity contribution in [3.63, 3.8) is 0 Å². The number of fused-ring (bicyclic) bond motifs is 1. The number of hydrogen-bond acceptors (Lipinski definition) is 1. The highest BCUT2D eigenvalue weighted by Crippen LogP contribution is 2.46. The molecule has 0 N–H and O–H groups in total. The van der Waals surface area contributed by atoms with Crippen LogP contribution >= 0.6 is 0 Å². The molecule has 2 saturated carbocycles. The molecule has 33 heavy (non-hydrogen) atoms. The standard InChI is InChI=1S/C31H37FO/c1-3-5-6-7-26-15-12-24(20-31(26)32)9-8-23-10-13-25(14-11-23)27-16-17-29-22-30(33-4-2)19-18-28(29)21-27/h3,5,10-15,20,27-30H,4,6-7,16-19,21-22H2,1-2H3/b5-3+. The minimum absolute atomic E-state index is 0.160. The maximum absolute atomic E-state index is 14.3. The van der Waals surface area contributed by atoms with Crippen LogP contribution in [0.15, 0.2) is 54.6 Å². The van der Waals surface area contributed by atoms with Crippen molar-refractivity contribution in [2.75, 3.05) is 6.61 Å². The van der Waals surface area contributed by atoms with Crippen LogP contribution in [-0.4, -0.2) is 12.7 Å². The number of rotatable bonds is 6. The second-order valence-corrected chi connectivity index (χ2v) is 9.71. The number of aryl methyl sites for hydroxylation is 1. The Labute approximate surface area is 199 Å². The lowest BCUT2D eigenvalue weighted by Gasteiger charge is -2.42. The molecule has 2 heteroatoms. The van der Waals surface area contributed by atoms with Crippen LogP contribution in [0.2, 0.25) is 0 Å². The zero-order chi connectivity index (χ0) is 23.0. The van der Waals surface area contributed by atoms with E-state index in [4.69, 9.17) is 4.74 Å². The third-order valence-electron chi connectivity index (χ3n) is 7.57. The SMILES string of the molecule is C/C=C/CCc1ccc(C#Cc2ccc(C3CCC4CC(OCC)CCC4C3)cc2)cc1F. The van der Waals surface area contributed by atoms with Gasteiger partial charge in [0.25, 0.3) is 0 Å². The summed E-state index contributed by atoms with van der Waals surface area (Å²) in [5, 5.41) is 0. The molecule has 0 aliphatic heterocycles. The van der Waals surface area contributed by atoms with E-state index < -0.39 is 0 Å². The zero-order valence-corrected chi connectivity index (χ0v) is 20.2. The van der Waals surface area contributed by atoms with E-state index in [1.54, 1.807) is 6.07 Å². The minimum atomic E-state index is -0.160. The molecule has 0 heterocycles. The Morgan fingerprint density at radius 1 is 0.939 bits per heavy atom. The first-order valence-electron chi connectivity index (χ1n) is 12.8. The third kappa shape index (κ3) is 6.36. The van der Waals surface area contributed by atoms with Crippen molar-refractivity contribution < 1.29 is 9.13 Å². The fourth-order valence-corrected chi connectivity index (χ4v) is 5.75. The van der Waals surface area contributed by atoms with Gasteiger partial charge in [0.05, 0.1) is 6.10 Å². The summed E-state index contributed by atoms with van der Waals surface area (Å²) in [6.07, 6.45) is 13.9. The molecule has 0 spiro atoms. The van der Waals surface area contributed by atoms with Gasteiger partial charge in [-0.1, -0.05) is 42.2 Å². The second-order valence-electron chi connectivity index (χ2n) is 9.71. The topological polar surface area (TPSA) is 9.23 Å². The molecule has 2 aromatic rings. The molecular formula is C31H37FO. The molecule has 174 valence electrons. The molecule has 2 fully saturated rings. The first kappa shape index (κ1) is 23.8. The Bertz CT molecular complexity index is 994. The summed E-state index contributed by atoms with van der Waals surface area (Å²) in [5.74, 6) is 8.56. The summed E-state index contributed by atoms with van der Waals surface area (Å²) in [6.45, 7) is 4.94. The summed E-state index contributed by atoms with van der Waals surface area (Å²) in [7, 11) is 0. The molecule has 0 aromatic heterocycles. The molecule has 2 aliphatic rings. The highest BCUT2D eigenvalue weighted by Gasteiger charge is 2.36. The van der Waals surface area contributed by atoms with Crippen molar-refractivity contribution in [1.82, 2.24) is 0 Å². The van der Waals surface area contributed by atoms with Crippen molar-refractivity contribution in [3.05, 3.63) is 82.7 Å². The summed E-state index contributed by atoms with van der Waals surface area (Å²) < 4.78 is 20.2. The summed E-state index contributed by atoms with van der Waals surface area (Å²) in [6, 6.07) is 14.1. The van der Waals surface area contributed by atoms with Crippen molar-refractivity contribution in [3.8, 4) is 11.8 Å². The molecule has 4 unspecified atom stereocenters. The molecule has 0 saturated heterocycles. The van der Waals surface area contributed by atoms with Gasteiger partial charge in [0.15, 0.2) is 0 Å². The van der Waals surface area contributed by atoms with E-state index in [0.717, 1.165) is 48.0 Å². The van der Waals surface area contributed by atoms with E-state index in [-0.39, 0.29) is 5.82 Å². The fraction of sp³-hybridized carbons (Fsp3) is 0.484. The fourth-order valence-electron chi connectivity index (χ4n) is 5.75. The molecule has 4 atom stereocenters. The number of allylic oxidation sites excluding steroid dienone is 2. The van der Waals surface area contributed by atoms with Crippen LogP contribution in [0.25, 0.3) is 0 Å². The molecule has 2 aromatic carbocycles. The normalized spacial score (nSPS) is 24.8. The zero-order valence-electron chi connectivity index (χ0n) is 20.2. The van der Waals surface area contributed by atoms with E-state index in [0.29, 0.717) is 12.0 Å². The summed E-state index contributed by atoms with van der Waals surface area (Å²) in [4.78, 5) is 0. The van der Waals surface area contributed by atoms with Gasteiger partial charge >= 0.3 is 0 Å². The molecule has 2 aliphatic carbocycles. The van der Waals surface area contributed by atoms with Crippen LogP contribution in [0.4, 0.5) is 4.39 Å². The summed E-state index contributed by atoms with van der Waals surface area (Å²) in [5.41, 5.74) is 3.92. The molecule has 0 bridgehead atoms. The van der Waals surface area contributed by atoms with Crippen molar-refractivity contribution >= 4 is 0 Å². The van der Waals surface area contributed by atoms with Crippen molar-refractivity contribution in [1.29, 1.82) is 0 Å². The average molecular weight is 445 g/mol. The quantitative estimate of drug-likeness (QED) is 0.326. The predicted octanol–water partition coefficient (Wildman–Crippen LogP) is 7.82. The van der Waals surface area contributed by atoms with Gasteiger partial charge in [-0.15, -0.1) is 0 Å². The Hall–Kier alpha value is -2.37. The molecule has 0 amide bonds. The third-order valence-corrected chi connectivity index (χ3v) is 7.57. The van der Waals surface area contributed by atoms with Crippen LogP contribution in [0, 0.1) is 29.5 Å². The number of benzene rings is 2. The highest BCUT2D eigenvalue weighted by molar-refractivity contribution is 5.44. The first-order valence-corrected chi connectivity index (χ1v) is 12.8. The van der Waals surface area contributed by atoms with Crippen LogP contribution < -0.4 is 0 Å². The van der Waals surface area contributed by atoms with Gasteiger partial charge in [0.2, 0.25) is 0 Å². The Balaban J connectivity index is 1.34. The molecular weight excluding hydrogens is 407 g/mol.